The number of aliphatic hydroxyl groups excluding tert-OH is 2. The number of Topliss-reactive ketones (excluding diaryl/α,β-unsaturated/α-hetero) is 2. The van der Waals surface area contributed by atoms with Crippen LogP contribution in [-0.2, 0) is 9.59 Å². The normalized spacial score (nSPS) is 15.8. The van der Waals surface area contributed by atoms with Gasteiger partial charge >= 0.3 is 0 Å². The van der Waals surface area contributed by atoms with Gasteiger partial charge in [-0.25, -0.2) is 0 Å². The van der Waals surface area contributed by atoms with Crippen molar-refractivity contribution < 1.29 is 19.8 Å². The molecular weight excluding hydrogens is 316 g/mol. The molecule has 2 N–H and O–H groups in total. The van der Waals surface area contributed by atoms with Crippen molar-refractivity contribution in [2.75, 3.05) is 0 Å². The molecular formula is C21H16O4. The predicted molar refractivity (Wildman–Crippen MR) is 95.8 cm³/mol. The van der Waals surface area contributed by atoms with Crippen LogP contribution in [0.25, 0.3) is 11.1 Å². The van der Waals surface area contributed by atoms with Gasteiger partial charge in [0.2, 0.25) is 11.6 Å². The van der Waals surface area contributed by atoms with E-state index in [2.05, 4.69) is 0 Å². The first-order chi connectivity index (χ1) is 12.0. The lowest BCUT2D eigenvalue weighted by Gasteiger charge is -2.17. The maximum atomic E-state index is 12.5. The van der Waals surface area contributed by atoms with Gasteiger partial charge in [-0.2, -0.15) is 0 Å². The molecule has 0 saturated heterocycles. The first-order valence-corrected chi connectivity index (χ1v) is 7.75. The minimum Gasteiger partial charge on any atom is -0.504 e. The Kier molecular flexibility index (Phi) is 4.35. The average Bonchev–Trinajstić information content (AvgIpc) is 2.65. The van der Waals surface area contributed by atoms with Gasteiger partial charge < -0.3 is 10.2 Å². The Morgan fingerprint density at radius 3 is 1.96 bits per heavy atom. The Labute approximate surface area is 145 Å². The molecule has 2 aromatic rings. The van der Waals surface area contributed by atoms with Crippen LogP contribution in [0.3, 0.4) is 0 Å². The number of carbonyl (C=O) groups excluding carboxylic acids is 2. The molecule has 4 heteroatoms. The van der Waals surface area contributed by atoms with Gasteiger partial charge in [-0.1, -0.05) is 60.7 Å². The largest absolute Gasteiger partial charge is 0.504 e. The molecule has 0 aromatic heterocycles. The van der Waals surface area contributed by atoms with Crippen molar-refractivity contribution in [3.8, 4) is 0 Å². The summed E-state index contributed by atoms with van der Waals surface area (Å²) in [5.41, 5.74) is 1.54. The number of allylic oxidation sites excluding steroid dienone is 4. The molecule has 0 fully saturated rings. The zero-order valence-electron chi connectivity index (χ0n) is 13.6. The maximum Gasteiger partial charge on any atom is 0.232 e. The van der Waals surface area contributed by atoms with Crippen molar-refractivity contribution in [2.24, 2.45) is 0 Å². The van der Waals surface area contributed by atoms with Gasteiger partial charge in [-0.3, -0.25) is 9.59 Å². The molecule has 25 heavy (non-hydrogen) atoms. The maximum absolute atomic E-state index is 12.5. The molecule has 4 nitrogen and oxygen atoms in total. The van der Waals surface area contributed by atoms with E-state index in [1.807, 2.05) is 30.3 Å². The van der Waals surface area contributed by atoms with Crippen molar-refractivity contribution >= 4 is 22.7 Å². The molecule has 2 aromatic carbocycles. The van der Waals surface area contributed by atoms with Crippen LogP contribution in [0.4, 0.5) is 0 Å². The molecule has 0 spiro atoms. The zero-order chi connectivity index (χ0) is 18.0. The lowest BCUT2D eigenvalue weighted by Crippen LogP contribution is -2.22. The van der Waals surface area contributed by atoms with Crippen LogP contribution in [0.5, 0.6) is 0 Å². The summed E-state index contributed by atoms with van der Waals surface area (Å²) in [5.74, 6) is -2.85. The molecule has 3 rings (SSSR count). The van der Waals surface area contributed by atoms with Crippen molar-refractivity contribution in [3.05, 3.63) is 95.0 Å². The molecule has 0 amide bonds. The van der Waals surface area contributed by atoms with E-state index in [1.54, 1.807) is 37.3 Å². The van der Waals surface area contributed by atoms with Crippen LogP contribution in [0.15, 0.2) is 83.8 Å². The van der Waals surface area contributed by atoms with Gasteiger partial charge in [0.25, 0.3) is 0 Å². The highest BCUT2D eigenvalue weighted by molar-refractivity contribution is 6.38. The first kappa shape index (κ1) is 16.5. The molecule has 0 aliphatic heterocycles. The summed E-state index contributed by atoms with van der Waals surface area (Å²) in [5, 5.41) is 20.5. The van der Waals surface area contributed by atoms with Gasteiger partial charge in [0.1, 0.15) is 0 Å². The highest BCUT2D eigenvalue weighted by atomic mass is 16.3. The number of ketones is 2. The van der Waals surface area contributed by atoms with Gasteiger partial charge in [-0.15, -0.1) is 0 Å². The molecule has 0 saturated carbocycles. The van der Waals surface area contributed by atoms with Crippen LogP contribution in [0.2, 0.25) is 0 Å². The Bertz CT molecular complexity index is 932. The van der Waals surface area contributed by atoms with E-state index in [1.165, 1.54) is 6.08 Å². The summed E-state index contributed by atoms with van der Waals surface area (Å²) in [7, 11) is 0. The summed E-state index contributed by atoms with van der Waals surface area (Å²) in [6.07, 6.45) is 1.42. The van der Waals surface area contributed by atoms with Crippen LogP contribution in [0.1, 0.15) is 18.1 Å². The minimum absolute atomic E-state index is 0.183. The molecule has 0 heterocycles. The van der Waals surface area contributed by atoms with Crippen LogP contribution >= 0.6 is 0 Å². The second-order valence-electron chi connectivity index (χ2n) is 5.70. The Morgan fingerprint density at radius 2 is 1.36 bits per heavy atom. The van der Waals surface area contributed by atoms with Gasteiger partial charge in [-0.05, 0) is 29.7 Å². The number of rotatable bonds is 3. The molecule has 1 aliphatic carbocycles. The van der Waals surface area contributed by atoms with E-state index < -0.39 is 23.1 Å². The molecule has 1 aliphatic rings. The Hall–Kier alpha value is -3.40. The summed E-state index contributed by atoms with van der Waals surface area (Å²) >= 11 is 0. The van der Waals surface area contributed by atoms with E-state index in [0.29, 0.717) is 11.1 Å². The van der Waals surface area contributed by atoms with Gasteiger partial charge in [0, 0.05) is 0 Å². The fraction of sp³-hybridized carbons (Fsp3) is 0.0476. The fourth-order valence-electron chi connectivity index (χ4n) is 2.70. The first-order valence-electron chi connectivity index (χ1n) is 7.75. The monoisotopic (exact) mass is 332 g/mol. The minimum atomic E-state index is -0.772. The van der Waals surface area contributed by atoms with E-state index in [4.69, 9.17) is 0 Å². The van der Waals surface area contributed by atoms with Crippen LogP contribution < -0.4 is 0 Å². The molecule has 0 bridgehead atoms. The van der Waals surface area contributed by atoms with Crippen molar-refractivity contribution in [2.45, 2.75) is 6.92 Å². The predicted octanol–water partition coefficient (Wildman–Crippen LogP) is 4.02. The number of carbonyl (C=O) groups is 2. The summed E-state index contributed by atoms with van der Waals surface area (Å²) in [6.45, 7) is 1.76. The molecule has 0 unspecified atom stereocenters. The second kappa shape index (κ2) is 6.61. The van der Waals surface area contributed by atoms with Crippen LogP contribution in [-0.4, -0.2) is 21.8 Å². The third-order valence-corrected chi connectivity index (χ3v) is 4.05. The standard InChI is InChI=1S/C21H16O4/c1-13(14-8-4-2-5-9-14)12-16-18(22)20(24)17(21(25)19(16)23)15-10-6-3-7-11-15/h2-12,22,25H,1H3. The summed E-state index contributed by atoms with van der Waals surface area (Å²) in [4.78, 5) is 25.0. The summed E-state index contributed by atoms with van der Waals surface area (Å²) in [6, 6.07) is 17.6. The fourth-order valence-corrected chi connectivity index (χ4v) is 2.70. The topological polar surface area (TPSA) is 74.6 Å². The second-order valence-corrected chi connectivity index (χ2v) is 5.70. The smallest absolute Gasteiger partial charge is 0.232 e. The van der Waals surface area contributed by atoms with E-state index in [-0.39, 0.29) is 11.1 Å². The third-order valence-electron chi connectivity index (χ3n) is 4.05. The lowest BCUT2D eigenvalue weighted by molar-refractivity contribution is -0.118. The molecule has 124 valence electrons. The number of hydrogen-bond donors (Lipinski definition) is 2. The van der Waals surface area contributed by atoms with E-state index in [0.717, 1.165) is 5.56 Å². The highest BCUT2D eigenvalue weighted by Crippen LogP contribution is 2.31. The van der Waals surface area contributed by atoms with Gasteiger partial charge in [0.05, 0.1) is 11.1 Å². The number of benzene rings is 2. The van der Waals surface area contributed by atoms with Gasteiger partial charge in [0.15, 0.2) is 11.5 Å². The number of hydrogen-bond acceptors (Lipinski definition) is 4. The Balaban J connectivity index is 2.06. The van der Waals surface area contributed by atoms with Crippen molar-refractivity contribution in [3.63, 3.8) is 0 Å². The lowest BCUT2D eigenvalue weighted by atomic mass is 9.88. The van der Waals surface area contributed by atoms with E-state index in [9.17, 15) is 19.8 Å². The molecule has 0 atom stereocenters. The number of aliphatic hydroxyl groups is 2. The SMILES string of the molecule is CC(=CC1=C(O)C(=O)C(c2ccccc2)=C(O)C1=O)c1ccccc1. The van der Waals surface area contributed by atoms with Crippen molar-refractivity contribution in [1.82, 2.24) is 0 Å². The molecule has 0 radical (unpaired) electrons. The quantitative estimate of drug-likeness (QED) is 0.833. The summed E-state index contributed by atoms with van der Waals surface area (Å²) < 4.78 is 0. The average molecular weight is 332 g/mol. The highest BCUT2D eigenvalue weighted by Gasteiger charge is 2.34. The Morgan fingerprint density at radius 1 is 0.800 bits per heavy atom. The van der Waals surface area contributed by atoms with Crippen molar-refractivity contribution in [1.29, 1.82) is 0 Å². The van der Waals surface area contributed by atoms with Crippen LogP contribution in [0, 0.1) is 0 Å². The van der Waals surface area contributed by atoms with E-state index >= 15 is 0 Å². The zero-order valence-corrected chi connectivity index (χ0v) is 13.6. The third kappa shape index (κ3) is 3.02.